The summed E-state index contributed by atoms with van der Waals surface area (Å²) in [6.07, 6.45) is -3.00. The molecule has 0 aliphatic carbocycles. The zero-order valence-electron chi connectivity index (χ0n) is 13.8. The summed E-state index contributed by atoms with van der Waals surface area (Å²) in [5.74, 6) is -0.802. The van der Waals surface area contributed by atoms with E-state index in [1.807, 2.05) is 0 Å². The fourth-order valence-electron chi connectivity index (χ4n) is 2.24. The largest absolute Gasteiger partial charge is 0.416 e. The van der Waals surface area contributed by atoms with Gasteiger partial charge in [0.2, 0.25) is 5.91 Å². The Hall–Kier alpha value is -3.09. The summed E-state index contributed by atoms with van der Waals surface area (Å²) in [5, 5.41) is 5.23. The van der Waals surface area contributed by atoms with Gasteiger partial charge in [-0.2, -0.15) is 13.2 Å². The predicted molar refractivity (Wildman–Crippen MR) is 92.7 cm³/mol. The molecule has 0 aromatic heterocycles. The molecule has 0 heterocycles. The van der Waals surface area contributed by atoms with Crippen LogP contribution in [0.25, 0.3) is 0 Å². The van der Waals surface area contributed by atoms with Crippen molar-refractivity contribution in [2.75, 3.05) is 11.9 Å². The maximum absolute atomic E-state index is 12.6. The molecule has 0 radical (unpaired) electrons. The number of para-hydroxylation sites is 1. The molecule has 2 rings (SSSR count). The van der Waals surface area contributed by atoms with Crippen LogP contribution in [-0.2, 0) is 17.4 Å². The van der Waals surface area contributed by atoms with Gasteiger partial charge in [0.05, 0.1) is 23.2 Å². The first-order valence-corrected chi connectivity index (χ1v) is 7.75. The Morgan fingerprint density at radius 1 is 1.04 bits per heavy atom. The highest BCUT2D eigenvalue weighted by Crippen LogP contribution is 2.29. The third kappa shape index (κ3) is 5.20. The highest BCUT2D eigenvalue weighted by molar-refractivity contribution is 6.04. The Morgan fingerprint density at radius 3 is 2.31 bits per heavy atom. The Balaban J connectivity index is 2.06. The number of carbonyl (C=O) groups excluding carboxylic acids is 2. The molecule has 2 amide bonds. The predicted octanol–water partition coefficient (Wildman–Crippen LogP) is 3.80. The molecule has 0 aliphatic heterocycles. The molecule has 0 atom stereocenters. The van der Waals surface area contributed by atoms with E-state index in [1.54, 1.807) is 24.3 Å². The third-order valence-electron chi connectivity index (χ3n) is 3.50. The average molecular weight is 362 g/mol. The molecule has 0 saturated heterocycles. The van der Waals surface area contributed by atoms with Gasteiger partial charge in [0, 0.05) is 6.54 Å². The number of anilines is 1. The summed E-state index contributed by atoms with van der Waals surface area (Å²) in [6.45, 7) is 3.79. The van der Waals surface area contributed by atoms with E-state index in [-0.39, 0.29) is 24.4 Å². The Kier molecular flexibility index (Phi) is 6.16. The lowest BCUT2D eigenvalue weighted by atomic mass is 10.1. The van der Waals surface area contributed by atoms with E-state index in [0.717, 1.165) is 12.1 Å². The van der Waals surface area contributed by atoms with Gasteiger partial charge in [-0.1, -0.05) is 30.3 Å². The molecule has 2 aromatic rings. The SMILES string of the molecule is C=CCNC(=O)c1ccccc1NC(=O)Cc1ccc(C(F)(F)F)cc1. The number of alkyl halides is 3. The molecule has 136 valence electrons. The van der Waals surface area contributed by atoms with E-state index >= 15 is 0 Å². The second-order valence-electron chi connectivity index (χ2n) is 5.46. The van der Waals surface area contributed by atoms with Gasteiger partial charge in [-0.05, 0) is 29.8 Å². The Bertz CT molecular complexity index is 799. The molecule has 26 heavy (non-hydrogen) atoms. The summed E-state index contributed by atoms with van der Waals surface area (Å²) in [6, 6.07) is 10.8. The number of carbonyl (C=O) groups is 2. The van der Waals surface area contributed by atoms with Crippen molar-refractivity contribution in [1.82, 2.24) is 5.32 Å². The van der Waals surface area contributed by atoms with Gasteiger partial charge in [-0.25, -0.2) is 0 Å². The van der Waals surface area contributed by atoms with E-state index in [1.165, 1.54) is 18.2 Å². The van der Waals surface area contributed by atoms with Crippen molar-refractivity contribution in [3.8, 4) is 0 Å². The molecular formula is C19H17F3N2O2. The van der Waals surface area contributed by atoms with Gasteiger partial charge in [0.1, 0.15) is 0 Å². The number of benzene rings is 2. The maximum Gasteiger partial charge on any atom is 0.416 e. The minimum absolute atomic E-state index is 0.110. The number of hydrogen-bond acceptors (Lipinski definition) is 2. The molecule has 0 fully saturated rings. The molecule has 0 aliphatic rings. The van der Waals surface area contributed by atoms with Crippen molar-refractivity contribution >= 4 is 17.5 Å². The summed E-state index contributed by atoms with van der Waals surface area (Å²) >= 11 is 0. The molecular weight excluding hydrogens is 345 g/mol. The van der Waals surface area contributed by atoms with E-state index in [9.17, 15) is 22.8 Å². The van der Waals surface area contributed by atoms with E-state index < -0.39 is 17.6 Å². The first-order valence-electron chi connectivity index (χ1n) is 7.75. The Morgan fingerprint density at radius 2 is 1.69 bits per heavy atom. The van der Waals surface area contributed by atoms with E-state index in [2.05, 4.69) is 17.2 Å². The first kappa shape index (κ1) is 19.2. The number of halogens is 3. The van der Waals surface area contributed by atoms with Crippen molar-refractivity contribution in [1.29, 1.82) is 0 Å². The quantitative estimate of drug-likeness (QED) is 0.768. The van der Waals surface area contributed by atoms with Crippen LogP contribution in [0.4, 0.5) is 18.9 Å². The summed E-state index contributed by atoms with van der Waals surface area (Å²) in [4.78, 5) is 24.3. The van der Waals surface area contributed by atoms with Gasteiger partial charge in [-0.3, -0.25) is 9.59 Å². The monoisotopic (exact) mass is 362 g/mol. The normalized spacial score (nSPS) is 10.9. The van der Waals surface area contributed by atoms with Crippen LogP contribution >= 0.6 is 0 Å². The van der Waals surface area contributed by atoms with Crippen LogP contribution in [0.5, 0.6) is 0 Å². The van der Waals surface area contributed by atoms with Crippen LogP contribution < -0.4 is 10.6 Å². The van der Waals surface area contributed by atoms with Crippen LogP contribution in [0, 0.1) is 0 Å². The smallest absolute Gasteiger partial charge is 0.349 e. The second kappa shape index (κ2) is 8.33. The number of rotatable bonds is 6. The molecule has 0 bridgehead atoms. The highest BCUT2D eigenvalue weighted by Gasteiger charge is 2.30. The Labute approximate surface area is 148 Å². The molecule has 7 heteroatoms. The average Bonchev–Trinajstić information content (AvgIpc) is 2.59. The van der Waals surface area contributed by atoms with Crippen LogP contribution in [0.15, 0.2) is 61.2 Å². The molecule has 0 spiro atoms. The van der Waals surface area contributed by atoms with Crippen LogP contribution in [0.1, 0.15) is 21.5 Å². The topological polar surface area (TPSA) is 58.2 Å². The van der Waals surface area contributed by atoms with Crippen LogP contribution in [0.2, 0.25) is 0 Å². The van der Waals surface area contributed by atoms with Gasteiger partial charge >= 0.3 is 6.18 Å². The zero-order chi connectivity index (χ0) is 19.2. The molecule has 0 unspecified atom stereocenters. The molecule has 4 nitrogen and oxygen atoms in total. The second-order valence-corrected chi connectivity index (χ2v) is 5.46. The highest BCUT2D eigenvalue weighted by atomic mass is 19.4. The van der Waals surface area contributed by atoms with Crippen molar-refractivity contribution in [3.05, 3.63) is 77.9 Å². The lowest BCUT2D eigenvalue weighted by Crippen LogP contribution is -2.25. The van der Waals surface area contributed by atoms with Crippen molar-refractivity contribution in [3.63, 3.8) is 0 Å². The number of nitrogens with one attached hydrogen (secondary N) is 2. The zero-order valence-corrected chi connectivity index (χ0v) is 13.8. The third-order valence-corrected chi connectivity index (χ3v) is 3.50. The molecule has 2 N–H and O–H groups in total. The van der Waals surface area contributed by atoms with Crippen molar-refractivity contribution < 1.29 is 22.8 Å². The lowest BCUT2D eigenvalue weighted by molar-refractivity contribution is -0.137. The lowest BCUT2D eigenvalue weighted by Gasteiger charge is -2.11. The van der Waals surface area contributed by atoms with Gasteiger partial charge < -0.3 is 10.6 Å². The van der Waals surface area contributed by atoms with Crippen LogP contribution in [0.3, 0.4) is 0 Å². The van der Waals surface area contributed by atoms with Gasteiger partial charge in [0.25, 0.3) is 5.91 Å². The maximum atomic E-state index is 12.6. The van der Waals surface area contributed by atoms with E-state index in [0.29, 0.717) is 11.3 Å². The summed E-state index contributed by atoms with van der Waals surface area (Å²) < 4.78 is 37.7. The van der Waals surface area contributed by atoms with Gasteiger partial charge in [0.15, 0.2) is 0 Å². The fraction of sp³-hybridized carbons (Fsp3) is 0.158. The van der Waals surface area contributed by atoms with Crippen molar-refractivity contribution in [2.45, 2.75) is 12.6 Å². The van der Waals surface area contributed by atoms with Gasteiger partial charge in [-0.15, -0.1) is 6.58 Å². The molecule has 2 aromatic carbocycles. The fourth-order valence-corrected chi connectivity index (χ4v) is 2.24. The minimum atomic E-state index is -4.42. The minimum Gasteiger partial charge on any atom is -0.349 e. The summed E-state index contributed by atoms with van der Waals surface area (Å²) in [5.41, 5.74) is 0.274. The summed E-state index contributed by atoms with van der Waals surface area (Å²) in [7, 11) is 0. The van der Waals surface area contributed by atoms with Crippen LogP contribution in [-0.4, -0.2) is 18.4 Å². The number of amides is 2. The number of hydrogen-bond donors (Lipinski definition) is 2. The first-order chi connectivity index (χ1) is 12.3. The molecule has 0 saturated carbocycles. The van der Waals surface area contributed by atoms with Crippen molar-refractivity contribution in [2.24, 2.45) is 0 Å². The standard InChI is InChI=1S/C19H17F3N2O2/c1-2-11-23-18(26)15-5-3-4-6-16(15)24-17(25)12-13-7-9-14(10-8-13)19(20,21)22/h2-10H,1,11-12H2,(H,23,26)(H,24,25). The van der Waals surface area contributed by atoms with E-state index in [4.69, 9.17) is 0 Å².